The first kappa shape index (κ1) is 8.55. The van der Waals surface area contributed by atoms with Crippen molar-refractivity contribution in [2.24, 2.45) is 5.73 Å². The van der Waals surface area contributed by atoms with E-state index in [2.05, 4.69) is 4.98 Å². The Morgan fingerprint density at radius 2 is 2.36 bits per heavy atom. The fourth-order valence-corrected chi connectivity index (χ4v) is 1.38. The van der Waals surface area contributed by atoms with Crippen molar-refractivity contribution < 1.29 is 8.78 Å². The van der Waals surface area contributed by atoms with Crippen LogP contribution in [-0.2, 0) is 0 Å². The van der Waals surface area contributed by atoms with Crippen LogP contribution in [0.4, 0.5) is 8.78 Å². The van der Waals surface area contributed by atoms with Gasteiger partial charge in [-0.05, 0) is 0 Å². The van der Waals surface area contributed by atoms with Gasteiger partial charge in [0.25, 0.3) is 0 Å². The van der Waals surface area contributed by atoms with E-state index in [1.165, 1.54) is 16.8 Å². The molecule has 0 saturated carbocycles. The molecule has 0 aliphatic rings. The predicted molar refractivity (Wildman–Crippen MR) is 39.9 cm³/mol. The Balaban J connectivity index is 2.71. The first-order valence-electron chi connectivity index (χ1n) is 3.12. The molecule has 11 heavy (non-hydrogen) atoms. The van der Waals surface area contributed by atoms with Gasteiger partial charge in [-0.25, -0.2) is 13.8 Å². The highest BCUT2D eigenvalue weighted by molar-refractivity contribution is 7.07. The van der Waals surface area contributed by atoms with Crippen LogP contribution in [0.15, 0.2) is 10.9 Å². The van der Waals surface area contributed by atoms with E-state index in [-0.39, 0.29) is 6.54 Å². The van der Waals surface area contributed by atoms with Gasteiger partial charge in [0.2, 0.25) is 6.43 Å². The number of alkyl halides is 2. The summed E-state index contributed by atoms with van der Waals surface area (Å²) in [6.07, 6.45) is -2.41. The highest BCUT2D eigenvalue weighted by atomic mass is 32.1. The van der Waals surface area contributed by atoms with Crippen molar-refractivity contribution in [3.8, 4) is 0 Å². The zero-order valence-electron chi connectivity index (χ0n) is 5.71. The molecule has 2 N–H and O–H groups in total. The van der Waals surface area contributed by atoms with Crippen LogP contribution < -0.4 is 5.73 Å². The van der Waals surface area contributed by atoms with Gasteiger partial charge in [0.15, 0.2) is 0 Å². The van der Waals surface area contributed by atoms with E-state index in [0.29, 0.717) is 5.69 Å². The Morgan fingerprint density at radius 3 is 2.73 bits per heavy atom. The summed E-state index contributed by atoms with van der Waals surface area (Å²) in [5, 5.41) is 1.60. The maximum atomic E-state index is 12.1. The molecule has 0 fully saturated rings. The zero-order chi connectivity index (χ0) is 8.27. The molecule has 1 atom stereocenters. The normalized spacial score (nSPS) is 13.8. The van der Waals surface area contributed by atoms with E-state index in [9.17, 15) is 8.78 Å². The Morgan fingerprint density at radius 1 is 1.64 bits per heavy atom. The first-order chi connectivity index (χ1) is 5.25. The Bertz CT molecular complexity index is 200. The largest absolute Gasteiger partial charge is 0.330 e. The predicted octanol–water partition coefficient (Wildman–Crippen LogP) is 1.45. The minimum absolute atomic E-state index is 0.0542. The van der Waals surface area contributed by atoms with E-state index >= 15 is 0 Å². The third kappa shape index (κ3) is 1.94. The minimum Gasteiger partial charge on any atom is -0.330 e. The van der Waals surface area contributed by atoms with E-state index in [1.54, 1.807) is 5.38 Å². The van der Waals surface area contributed by atoms with Crippen LogP contribution in [0.25, 0.3) is 0 Å². The van der Waals surface area contributed by atoms with Crippen LogP contribution >= 0.6 is 11.3 Å². The van der Waals surface area contributed by atoms with E-state index in [1.807, 2.05) is 0 Å². The Hall–Kier alpha value is -0.550. The standard InChI is InChI=1S/C6H8F2N2S/c7-6(8)4(1-9)5-2-11-3-10-5/h2-4,6H,1,9H2. The molecule has 0 aromatic carbocycles. The van der Waals surface area contributed by atoms with Gasteiger partial charge >= 0.3 is 0 Å². The monoisotopic (exact) mass is 178 g/mol. The second-order valence-corrected chi connectivity index (χ2v) is 2.81. The Kier molecular flexibility index (Phi) is 2.90. The molecule has 0 bridgehead atoms. The number of hydrogen-bond donors (Lipinski definition) is 1. The summed E-state index contributed by atoms with van der Waals surface area (Å²) in [6.45, 7) is -0.0542. The summed E-state index contributed by atoms with van der Waals surface area (Å²) in [4.78, 5) is 3.77. The third-order valence-corrected chi connectivity index (χ3v) is 1.99. The molecule has 0 amide bonds. The van der Waals surface area contributed by atoms with Crippen LogP contribution in [0.3, 0.4) is 0 Å². The van der Waals surface area contributed by atoms with Crippen molar-refractivity contribution in [1.82, 2.24) is 4.98 Å². The van der Waals surface area contributed by atoms with Crippen LogP contribution in [0.5, 0.6) is 0 Å². The summed E-state index contributed by atoms with van der Waals surface area (Å²) in [5.74, 6) is -0.902. The molecule has 0 saturated heterocycles. The topological polar surface area (TPSA) is 38.9 Å². The molecule has 0 aliphatic carbocycles. The van der Waals surface area contributed by atoms with Crippen LogP contribution in [-0.4, -0.2) is 18.0 Å². The molecule has 1 aromatic rings. The summed E-state index contributed by atoms with van der Waals surface area (Å²) >= 11 is 1.30. The van der Waals surface area contributed by atoms with Crippen molar-refractivity contribution >= 4 is 11.3 Å². The molecule has 1 rings (SSSR count). The number of hydrogen-bond acceptors (Lipinski definition) is 3. The number of nitrogens with two attached hydrogens (primary N) is 1. The maximum absolute atomic E-state index is 12.1. The SMILES string of the molecule is NCC(c1cscn1)C(F)F. The zero-order valence-corrected chi connectivity index (χ0v) is 6.52. The lowest BCUT2D eigenvalue weighted by molar-refractivity contribution is 0.115. The molecule has 0 aliphatic heterocycles. The van der Waals surface area contributed by atoms with Crippen molar-refractivity contribution in [2.45, 2.75) is 12.3 Å². The average Bonchev–Trinajstić information content (AvgIpc) is 2.40. The molecule has 1 heterocycles. The second-order valence-electron chi connectivity index (χ2n) is 2.09. The second kappa shape index (κ2) is 3.73. The number of thiazole rings is 1. The highest BCUT2D eigenvalue weighted by Crippen LogP contribution is 2.21. The number of aromatic nitrogens is 1. The molecule has 62 valence electrons. The lowest BCUT2D eigenvalue weighted by atomic mass is 10.1. The van der Waals surface area contributed by atoms with Crippen LogP contribution in [0.1, 0.15) is 11.6 Å². The molecule has 1 aromatic heterocycles. The van der Waals surface area contributed by atoms with Crippen molar-refractivity contribution in [3.63, 3.8) is 0 Å². The number of rotatable bonds is 3. The molecule has 1 unspecified atom stereocenters. The van der Waals surface area contributed by atoms with Gasteiger partial charge in [-0.3, -0.25) is 0 Å². The maximum Gasteiger partial charge on any atom is 0.248 e. The fraction of sp³-hybridized carbons (Fsp3) is 0.500. The molecule has 2 nitrogen and oxygen atoms in total. The average molecular weight is 178 g/mol. The minimum atomic E-state index is -2.41. The van der Waals surface area contributed by atoms with Gasteiger partial charge in [-0.2, -0.15) is 0 Å². The summed E-state index contributed by atoms with van der Waals surface area (Å²) in [6, 6.07) is 0. The summed E-state index contributed by atoms with van der Waals surface area (Å²) in [7, 11) is 0. The highest BCUT2D eigenvalue weighted by Gasteiger charge is 2.21. The Labute approximate surface area is 67.1 Å². The molecule has 5 heteroatoms. The fourth-order valence-electron chi connectivity index (χ4n) is 0.758. The number of halogens is 2. The van der Waals surface area contributed by atoms with Gasteiger partial charge < -0.3 is 5.73 Å². The van der Waals surface area contributed by atoms with Gasteiger partial charge in [0.05, 0.1) is 17.1 Å². The lowest BCUT2D eigenvalue weighted by Crippen LogP contribution is -2.19. The quantitative estimate of drug-likeness (QED) is 0.760. The summed E-state index contributed by atoms with van der Waals surface area (Å²) in [5.41, 5.74) is 7.07. The van der Waals surface area contributed by atoms with Crippen LogP contribution in [0, 0.1) is 0 Å². The van der Waals surface area contributed by atoms with Gasteiger partial charge in [0, 0.05) is 11.9 Å². The van der Waals surface area contributed by atoms with Crippen molar-refractivity contribution in [2.75, 3.05) is 6.54 Å². The van der Waals surface area contributed by atoms with Crippen molar-refractivity contribution in [3.05, 3.63) is 16.6 Å². The molecule has 0 radical (unpaired) electrons. The third-order valence-electron chi connectivity index (χ3n) is 1.39. The van der Waals surface area contributed by atoms with Gasteiger partial charge in [-0.1, -0.05) is 0 Å². The van der Waals surface area contributed by atoms with E-state index in [4.69, 9.17) is 5.73 Å². The molecular formula is C6H8F2N2S. The van der Waals surface area contributed by atoms with Gasteiger partial charge in [0.1, 0.15) is 0 Å². The van der Waals surface area contributed by atoms with Crippen LogP contribution in [0.2, 0.25) is 0 Å². The molecule has 0 spiro atoms. The van der Waals surface area contributed by atoms with Gasteiger partial charge in [-0.15, -0.1) is 11.3 Å². The molecular weight excluding hydrogens is 170 g/mol. The first-order valence-corrected chi connectivity index (χ1v) is 4.06. The lowest BCUT2D eigenvalue weighted by Gasteiger charge is -2.09. The van der Waals surface area contributed by atoms with E-state index in [0.717, 1.165) is 0 Å². The number of nitrogens with zero attached hydrogens (tertiary/aromatic N) is 1. The van der Waals surface area contributed by atoms with Crippen molar-refractivity contribution in [1.29, 1.82) is 0 Å². The summed E-state index contributed by atoms with van der Waals surface area (Å²) < 4.78 is 24.3. The van der Waals surface area contributed by atoms with E-state index < -0.39 is 12.3 Å². The smallest absolute Gasteiger partial charge is 0.248 e.